The first kappa shape index (κ1) is 15.5. The van der Waals surface area contributed by atoms with Crippen molar-refractivity contribution < 1.29 is 9.90 Å². The number of aliphatic hydroxyl groups excluding tert-OH is 1. The van der Waals surface area contributed by atoms with Crippen LogP contribution < -0.4 is 0 Å². The Morgan fingerprint density at radius 2 is 1.86 bits per heavy atom. The molecule has 5 heteroatoms. The smallest absolute Gasteiger partial charge is 0.242 e. The second-order valence-corrected chi connectivity index (χ2v) is 5.26. The SMILES string of the molecule is CCN(CC)C(=O)Cn1c(CO)nc2cc(C)c(C)cc21. The summed E-state index contributed by atoms with van der Waals surface area (Å²) in [7, 11) is 0. The highest BCUT2D eigenvalue weighted by atomic mass is 16.3. The lowest BCUT2D eigenvalue weighted by Crippen LogP contribution is -2.33. The summed E-state index contributed by atoms with van der Waals surface area (Å²) in [5.41, 5.74) is 4.05. The van der Waals surface area contributed by atoms with Crippen LogP contribution in [0.4, 0.5) is 0 Å². The second kappa shape index (κ2) is 6.26. The van der Waals surface area contributed by atoms with Crippen LogP contribution in [0.25, 0.3) is 11.0 Å². The van der Waals surface area contributed by atoms with Crippen LogP contribution in [0.1, 0.15) is 30.8 Å². The molecule has 0 aliphatic carbocycles. The number of nitrogens with zero attached hydrogens (tertiary/aromatic N) is 3. The molecule has 0 radical (unpaired) electrons. The molecule has 1 amide bonds. The van der Waals surface area contributed by atoms with Crippen molar-refractivity contribution in [2.24, 2.45) is 0 Å². The number of likely N-dealkylation sites (N-methyl/N-ethyl adjacent to an activating group) is 1. The van der Waals surface area contributed by atoms with E-state index in [-0.39, 0.29) is 19.1 Å². The van der Waals surface area contributed by atoms with Crippen molar-refractivity contribution in [1.29, 1.82) is 0 Å². The molecule has 2 aromatic rings. The van der Waals surface area contributed by atoms with Crippen LogP contribution >= 0.6 is 0 Å². The van der Waals surface area contributed by atoms with Gasteiger partial charge >= 0.3 is 0 Å². The predicted molar refractivity (Wildman–Crippen MR) is 83.1 cm³/mol. The molecule has 0 saturated carbocycles. The highest BCUT2D eigenvalue weighted by Gasteiger charge is 2.16. The number of fused-ring (bicyclic) bond motifs is 1. The summed E-state index contributed by atoms with van der Waals surface area (Å²) in [6.07, 6.45) is 0. The van der Waals surface area contributed by atoms with E-state index in [1.54, 1.807) is 4.90 Å². The number of carbonyl (C=O) groups excluding carboxylic acids is 1. The monoisotopic (exact) mass is 289 g/mol. The fourth-order valence-corrected chi connectivity index (χ4v) is 2.54. The molecule has 1 aromatic carbocycles. The zero-order valence-electron chi connectivity index (χ0n) is 13.2. The van der Waals surface area contributed by atoms with E-state index < -0.39 is 0 Å². The summed E-state index contributed by atoms with van der Waals surface area (Å²) in [5.74, 6) is 0.586. The number of aromatic nitrogens is 2. The van der Waals surface area contributed by atoms with E-state index in [2.05, 4.69) is 4.98 Å². The summed E-state index contributed by atoms with van der Waals surface area (Å²) in [6, 6.07) is 4.04. The minimum atomic E-state index is -0.168. The molecule has 114 valence electrons. The van der Waals surface area contributed by atoms with Gasteiger partial charge in [0.05, 0.1) is 11.0 Å². The van der Waals surface area contributed by atoms with Gasteiger partial charge in [-0.3, -0.25) is 4.79 Å². The topological polar surface area (TPSA) is 58.4 Å². The van der Waals surface area contributed by atoms with Gasteiger partial charge in [0, 0.05) is 13.1 Å². The largest absolute Gasteiger partial charge is 0.388 e. The maximum atomic E-state index is 12.3. The van der Waals surface area contributed by atoms with Gasteiger partial charge in [-0.2, -0.15) is 0 Å². The quantitative estimate of drug-likeness (QED) is 0.916. The van der Waals surface area contributed by atoms with Crippen LogP contribution in [0, 0.1) is 13.8 Å². The van der Waals surface area contributed by atoms with Crippen LogP contribution in [0.2, 0.25) is 0 Å². The Balaban J connectivity index is 2.46. The van der Waals surface area contributed by atoms with E-state index in [1.165, 1.54) is 0 Å². The van der Waals surface area contributed by atoms with Gasteiger partial charge in [0.15, 0.2) is 0 Å². The third-order valence-electron chi connectivity index (χ3n) is 3.99. The summed E-state index contributed by atoms with van der Waals surface area (Å²) < 4.78 is 1.82. The van der Waals surface area contributed by atoms with Gasteiger partial charge in [0.25, 0.3) is 0 Å². The van der Waals surface area contributed by atoms with Gasteiger partial charge < -0.3 is 14.6 Å². The van der Waals surface area contributed by atoms with Crippen molar-refractivity contribution in [3.63, 3.8) is 0 Å². The van der Waals surface area contributed by atoms with Gasteiger partial charge in [0.1, 0.15) is 19.0 Å². The van der Waals surface area contributed by atoms with Gasteiger partial charge in [-0.05, 0) is 51.0 Å². The van der Waals surface area contributed by atoms with Crippen molar-refractivity contribution in [2.75, 3.05) is 13.1 Å². The molecule has 0 fully saturated rings. The first-order valence-electron chi connectivity index (χ1n) is 7.36. The summed E-state index contributed by atoms with van der Waals surface area (Å²) >= 11 is 0. The van der Waals surface area contributed by atoms with E-state index in [1.807, 2.05) is 44.4 Å². The summed E-state index contributed by atoms with van der Waals surface area (Å²) in [4.78, 5) is 18.6. The number of benzene rings is 1. The lowest BCUT2D eigenvalue weighted by molar-refractivity contribution is -0.131. The standard InChI is InChI=1S/C16H23N3O2/c1-5-18(6-2)16(21)9-19-14-8-12(4)11(3)7-13(14)17-15(19)10-20/h7-8,20H,5-6,9-10H2,1-4H3. The Morgan fingerprint density at radius 3 is 2.43 bits per heavy atom. The fourth-order valence-electron chi connectivity index (χ4n) is 2.54. The first-order chi connectivity index (χ1) is 10.0. The van der Waals surface area contributed by atoms with Crippen LogP contribution in [0.5, 0.6) is 0 Å². The molecule has 0 unspecified atom stereocenters. The minimum absolute atomic E-state index is 0.0484. The normalized spacial score (nSPS) is 11.1. The zero-order valence-corrected chi connectivity index (χ0v) is 13.2. The third kappa shape index (κ3) is 2.93. The third-order valence-corrected chi connectivity index (χ3v) is 3.99. The van der Waals surface area contributed by atoms with Crippen LogP contribution in [0.15, 0.2) is 12.1 Å². The van der Waals surface area contributed by atoms with Crippen molar-refractivity contribution in [1.82, 2.24) is 14.5 Å². The average Bonchev–Trinajstić information content (AvgIpc) is 2.78. The molecule has 0 saturated heterocycles. The Labute approximate surface area is 125 Å². The lowest BCUT2D eigenvalue weighted by atomic mass is 10.1. The maximum absolute atomic E-state index is 12.3. The van der Waals surface area contributed by atoms with Gasteiger partial charge in [0.2, 0.25) is 5.91 Å². The Bertz CT molecular complexity index is 657. The van der Waals surface area contributed by atoms with Crippen molar-refractivity contribution in [2.45, 2.75) is 40.8 Å². The molecular formula is C16H23N3O2. The fraction of sp³-hybridized carbons (Fsp3) is 0.500. The summed E-state index contributed by atoms with van der Waals surface area (Å²) in [6.45, 7) is 9.43. The number of aliphatic hydroxyl groups is 1. The minimum Gasteiger partial charge on any atom is -0.388 e. The molecule has 0 spiro atoms. The van der Waals surface area contributed by atoms with E-state index in [0.29, 0.717) is 18.9 Å². The Morgan fingerprint density at radius 1 is 1.24 bits per heavy atom. The van der Waals surface area contributed by atoms with E-state index >= 15 is 0 Å². The molecule has 0 aliphatic heterocycles. The molecule has 0 atom stereocenters. The van der Waals surface area contributed by atoms with Crippen LogP contribution in [0.3, 0.4) is 0 Å². The number of hydrogen-bond acceptors (Lipinski definition) is 3. The molecular weight excluding hydrogens is 266 g/mol. The first-order valence-corrected chi connectivity index (χ1v) is 7.36. The molecule has 1 heterocycles. The zero-order chi connectivity index (χ0) is 15.6. The van der Waals surface area contributed by atoms with E-state index in [0.717, 1.165) is 22.2 Å². The van der Waals surface area contributed by atoms with Crippen LogP contribution in [-0.4, -0.2) is 38.6 Å². The number of carbonyl (C=O) groups is 1. The van der Waals surface area contributed by atoms with Gasteiger partial charge in [-0.15, -0.1) is 0 Å². The van der Waals surface area contributed by atoms with Crippen molar-refractivity contribution in [3.05, 3.63) is 29.1 Å². The number of aryl methyl sites for hydroxylation is 2. The molecule has 0 aliphatic rings. The number of hydrogen-bond donors (Lipinski definition) is 1. The number of amides is 1. The Hall–Kier alpha value is -1.88. The molecule has 5 nitrogen and oxygen atoms in total. The Kier molecular flexibility index (Phi) is 4.63. The number of imidazole rings is 1. The average molecular weight is 289 g/mol. The molecule has 1 aromatic heterocycles. The molecule has 1 N–H and O–H groups in total. The number of rotatable bonds is 5. The lowest BCUT2D eigenvalue weighted by Gasteiger charge is -2.19. The predicted octanol–water partition coefficient (Wildman–Crippen LogP) is 2.01. The van der Waals surface area contributed by atoms with E-state index in [4.69, 9.17) is 0 Å². The highest BCUT2D eigenvalue weighted by Crippen LogP contribution is 2.21. The maximum Gasteiger partial charge on any atom is 0.242 e. The molecule has 2 rings (SSSR count). The van der Waals surface area contributed by atoms with Gasteiger partial charge in [-0.1, -0.05) is 0 Å². The van der Waals surface area contributed by atoms with Crippen molar-refractivity contribution >= 4 is 16.9 Å². The van der Waals surface area contributed by atoms with Crippen molar-refractivity contribution in [3.8, 4) is 0 Å². The molecule has 0 bridgehead atoms. The van der Waals surface area contributed by atoms with E-state index in [9.17, 15) is 9.90 Å². The highest BCUT2D eigenvalue weighted by molar-refractivity contribution is 5.82. The van der Waals surface area contributed by atoms with Crippen LogP contribution in [-0.2, 0) is 17.9 Å². The molecule has 21 heavy (non-hydrogen) atoms. The second-order valence-electron chi connectivity index (χ2n) is 5.26. The van der Waals surface area contributed by atoms with Gasteiger partial charge in [-0.25, -0.2) is 4.98 Å². The summed E-state index contributed by atoms with van der Waals surface area (Å²) in [5, 5.41) is 9.52.